The summed E-state index contributed by atoms with van der Waals surface area (Å²) in [4.78, 5) is 0. The van der Waals surface area contributed by atoms with Gasteiger partial charge in [-0.25, -0.2) is 0 Å². The van der Waals surface area contributed by atoms with Gasteiger partial charge >= 0.3 is 0 Å². The zero-order valence-corrected chi connectivity index (χ0v) is 14.0. The molecule has 0 aliphatic heterocycles. The third-order valence-corrected chi connectivity index (χ3v) is 4.16. The topological polar surface area (TPSA) is 48.7 Å². The molecular formula is C20H17N3O2. The Morgan fingerprint density at radius 3 is 1.88 bits per heavy atom. The Morgan fingerprint density at radius 2 is 1.28 bits per heavy atom. The van der Waals surface area contributed by atoms with Gasteiger partial charge in [-0.15, -0.1) is 10.2 Å². The molecule has 0 atom stereocenters. The molecule has 0 saturated carbocycles. The molecule has 25 heavy (non-hydrogen) atoms. The number of methoxy groups -OCH3 is 2. The first-order valence-corrected chi connectivity index (χ1v) is 7.93. The lowest BCUT2D eigenvalue weighted by atomic mass is 10.1. The average Bonchev–Trinajstić information content (AvgIpc) is 3.12. The number of nitrogens with zero attached hydrogens (tertiary/aromatic N) is 3. The highest BCUT2D eigenvalue weighted by Gasteiger charge is 2.12. The second-order valence-electron chi connectivity index (χ2n) is 5.59. The molecule has 0 aliphatic rings. The Balaban J connectivity index is 1.88. The molecule has 2 aromatic heterocycles. The minimum Gasteiger partial charge on any atom is -0.497 e. The SMILES string of the molecule is COc1ccc(-c2cccc3nnc(-c4ccc(OC)cc4)n23)cc1. The number of hydrogen-bond donors (Lipinski definition) is 0. The first-order chi connectivity index (χ1) is 12.3. The first kappa shape index (κ1) is 15.2. The van der Waals surface area contributed by atoms with E-state index < -0.39 is 0 Å². The van der Waals surface area contributed by atoms with Gasteiger partial charge in [0.15, 0.2) is 11.5 Å². The average molecular weight is 331 g/mol. The molecule has 0 aliphatic carbocycles. The Labute approximate surface area is 145 Å². The van der Waals surface area contributed by atoms with Crippen molar-refractivity contribution >= 4 is 5.65 Å². The molecule has 124 valence electrons. The van der Waals surface area contributed by atoms with Gasteiger partial charge in [0.05, 0.1) is 19.9 Å². The molecule has 2 heterocycles. The molecule has 5 nitrogen and oxygen atoms in total. The molecule has 0 unspecified atom stereocenters. The highest BCUT2D eigenvalue weighted by atomic mass is 16.5. The molecule has 0 amide bonds. The monoisotopic (exact) mass is 331 g/mol. The number of rotatable bonds is 4. The van der Waals surface area contributed by atoms with E-state index in [9.17, 15) is 0 Å². The third-order valence-electron chi connectivity index (χ3n) is 4.16. The highest BCUT2D eigenvalue weighted by molar-refractivity contribution is 5.69. The van der Waals surface area contributed by atoms with E-state index in [2.05, 4.69) is 20.7 Å². The van der Waals surface area contributed by atoms with Crippen LogP contribution in [-0.2, 0) is 0 Å². The van der Waals surface area contributed by atoms with Crippen LogP contribution in [0.3, 0.4) is 0 Å². The maximum Gasteiger partial charge on any atom is 0.168 e. The van der Waals surface area contributed by atoms with E-state index in [-0.39, 0.29) is 0 Å². The lowest BCUT2D eigenvalue weighted by Crippen LogP contribution is -1.95. The van der Waals surface area contributed by atoms with Crippen LogP contribution in [0.5, 0.6) is 11.5 Å². The van der Waals surface area contributed by atoms with E-state index in [0.717, 1.165) is 39.8 Å². The van der Waals surface area contributed by atoms with Crippen LogP contribution in [0.4, 0.5) is 0 Å². The fourth-order valence-corrected chi connectivity index (χ4v) is 2.86. The zero-order valence-electron chi connectivity index (χ0n) is 14.0. The van der Waals surface area contributed by atoms with Crippen LogP contribution in [0.15, 0.2) is 66.7 Å². The zero-order chi connectivity index (χ0) is 17.2. The van der Waals surface area contributed by atoms with Gasteiger partial charge in [-0.3, -0.25) is 4.40 Å². The van der Waals surface area contributed by atoms with Gasteiger partial charge in [-0.2, -0.15) is 0 Å². The van der Waals surface area contributed by atoms with Crippen LogP contribution in [0, 0.1) is 0 Å². The van der Waals surface area contributed by atoms with Crippen molar-refractivity contribution in [2.75, 3.05) is 14.2 Å². The van der Waals surface area contributed by atoms with E-state index in [1.807, 2.05) is 60.7 Å². The standard InChI is InChI=1S/C20H17N3O2/c1-24-16-10-6-14(7-11-16)18-4-3-5-19-21-22-20(23(18)19)15-8-12-17(25-2)13-9-15/h3-13H,1-2H3. The summed E-state index contributed by atoms with van der Waals surface area (Å²) in [6, 6.07) is 21.8. The first-order valence-electron chi connectivity index (χ1n) is 7.93. The molecule has 2 aromatic carbocycles. The maximum absolute atomic E-state index is 5.25. The minimum absolute atomic E-state index is 0.795. The summed E-state index contributed by atoms with van der Waals surface area (Å²) < 4.78 is 12.5. The second kappa shape index (κ2) is 6.28. The number of hydrogen-bond acceptors (Lipinski definition) is 4. The van der Waals surface area contributed by atoms with Crippen molar-refractivity contribution in [3.8, 4) is 34.1 Å². The number of fused-ring (bicyclic) bond motifs is 1. The van der Waals surface area contributed by atoms with Gasteiger partial charge < -0.3 is 9.47 Å². The second-order valence-corrected chi connectivity index (χ2v) is 5.59. The lowest BCUT2D eigenvalue weighted by molar-refractivity contribution is 0.415. The van der Waals surface area contributed by atoms with Gasteiger partial charge in [0.25, 0.3) is 0 Å². The fourth-order valence-electron chi connectivity index (χ4n) is 2.86. The minimum atomic E-state index is 0.795. The van der Waals surface area contributed by atoms with E-state index in [1.165, 1.54) is 0 Å². The third kappa shape index (κ3) is 2.70. The smallest absolute Gasteiger partial charge is 0.168 e. The molecule has 0 spiro atoms. The number of aromatic nitrogens is 3. The highest BCUT2D eigenvalue weighted by Crippen LogP contribution is 2.28. The van der Waals surface area contributed by atoms with E-state index in [1.54, 1.807) is 14.2 Å². The maximum atomic E-state index is 5.25. The predicted octanol–water partition coefficient (Wildman–Crippen LogP) is 4.08. The van der Waals surface area contributed by atoms with E-state index in [4.69, 9.17) is 9.47 Å². The molecule has 5 heteroatoms. The number of pyridine rings is 1. The van der Waals surface area contributed by atoms with Crippen LogP contribution < -0.4 is 9.47 Å². The van der Waals surface area contributed by atoms with Crippen LogP contribution in [0.1, 0.15) is 0 Å². The van der Waals surface area contributed by atoms with Gasteiger partial charge in [0.1, 0.15) is 11.5 Å². The molecule has 0 radical (unpaired) electrons. The van der Waals surface area contributed by atoms with Crippen molar-refractivity contribution < 1.29 is 9.47 Å². The summed E-state index contributed by atoms with van der Waals surface area (Å²) in [6.07, 6.45) is 0. The molecule has 4 rings (SSSR count). The van der Waals surface area contributed by atoms with Crippen molar-refractivity contribution in [2.45, 2.75) is 0 Å². The fraction of sp³-hybridized carbons (Fsp3) is 0.100. The molecule has 0 N–H and O–H groups in total. The summed E-state index contributed by atoms with van der Waals surface area (Å²) in [5.41, 5.74) is 3.88. The largest absolute Gasteiger partial charge is 0.497 e. The Hall–Kier alpha value is -3.34. The number of ether oxygens (including phenoxy) is 2. The summed E-state index contributed by atoms with van der Waals surface area (Å²) in [6.45, 7) is 0. The van der Waals surface area contributed by atoms with E-state index in [0.29, 0.717) is 0 Å². The van der Waals surface area contributed by atoms with Crippen molar-refractivity contribution in [3.63, 3.8) is 0 Å². The van der Waals surface area contributed by atoms with Crippen molar-refractivity contribution in [1.82, 2.24) is 14.6 Å². The summed E-state index contributed by atoms with van der Waals surface area (Å²) in [7, 11) is 3.32. The molecule has 0 bridgehead atoms. The molecule has 0 saturated heterocycles. The Morgan fingerprint density at radius 1 is 0.680 bits per heavy atom. The van der Waals surface area contributed by atoms with Crippen LogP contribution in [-0.4, -0.2) is 28.8 Å². The van der Waals surface area contributed by atoms with Gasteiger partial charge in [0.2, 0.25) is 0 Å². The van der Waals surface area contributed by atoms with Crippen LogP contribution in [0.2, 0.25) is 0 Å². The lowest BCUT2D eigenvalue weighted by Gasteiger charge is -2.09. The Kier molecular flexibility index (Phi) is 3.82. The van der Waals surface area contributed by atoms with Gasteiger partial charge in [-0.05, 0) is 66.2 Å². The van der Waals surface area contributed by atoms with E-state index >= 15 is 0 Å². The van der Waals surface area contributed by atoms with Gasteiger partial charge in [-0.1, -0.05) is 6.07 Å². The van der Waals surface area contributed by atoms with Crippen molar-refractivity contribution in [3.05, 3.63) is 66.7 Å². The Bertz CT molecular complexity index is 1010. The molecule has 4 aromatic rings. The van der Waals surface area contributed by atoms with Crippen molar-refractivity contribution in [1.29, 1.82) is 0 Å². The number of benzene rings is 2. The normalized spacial score (nSPS) is 10.8. The van der Waals surface area contributed by atoms with Crippen molar-refractivity contribution in [2.24, 2.45) is 0 Å². The van der Waals surface area contributed by atoms with Crippen LogP contribution >= 0.6 is 0 Å². The summed E-state index contributed by atoms with van der Waals surface area (Å²) in [5.74, 6) is 2.44. The summed E-state index contributed by atoms with van der Waals surface area (Å²) in [5, 5.41) is 8.70. The predicted molar refractivity (Wildman–Crippen MR) is 97.0 cm³/mol. The quantitative estimate of drug-likeness (QED) is 0.565. The van der Waals surface area contributed by atoms with Gasteiger partial charge in [0, 0.05) is 5.56 Å². The molecule has 0 fully saturated rings. The molecular weight excluding hydrogens is 314 g/mol. The van der Waals surface area contributed by atoms with Crippen LogP contribution in [0.25, 0.3) is 28.3 Å². The summed E-state index contributed by atoms with van der Waals surface area (Å²) >= 11 is 0.